The third-order valence-electron chi connectivity index (χ3n) is 7.34. The molecule has 38 heavy (non-hydrogen) atoms. The van der Waals surface area contributed by atoms with E-state index in [4.69, 9.17) is 0 Å². The summed E-state index contributed by atoms with van der Waals surface area (Å²) in [6.07, 6.45) is 3.66. The Hall–Kier alpha value is -3.49. The van der Waals surface area contributed by atoms with Gasteiger partial charge < -0.3 is 15.1 Å². The molecule has 0 saturated carbocycles. The van der Waals surface area contributed by atoms with Crippen LogP contribution < -0.4 is 10.2 Å². The Morgan fingerprint density at radius 1 is 1.13 bits per heavy atom. The molecular formula is C29H37F2N5O2. The average molecular weight is 526 g/mol. The summed E-state index contributed by atoms with van der Waals surface area (Å²) in [6, 6.07) is 12.0. The number of carbonyl (C=O) groups is 2. The summed E-state index contributed by atoms with van der Waals surface area (Å²) in [7, 11) is 1.83. The van der Waals surface area contributed by atoms with Crippen LogP contribution in [-0.2, 0) is 29.0 Å². The zero-order valence-corrected chi connectivity index (χ0v) is 22.4. The van der Waals surface area contributed by atoms with Crippen LogP contribution in [-0.4, -0.2) is 65.6 Å². The van der Waals surface area contributed by atoms with Gasteiger partial charge in [0.1, 0.15) is 6.54 Å². The zero-order valence-electron chi connectivity index (χ0n) is 22.4. The summed E-state index contributed by atoms with van der Waals surface area (Å²) in [5.41, 5.74) is 4.64. The number of nitrogens with one attached hydrogen (secondary N) is 1. The quantitative estimate of drug-likeness (QED) is 0.357. The molecule has 0 atom stereocenters. The number of hydrogen-bond acceptors (Lipinski definition) is 4. The number of unbranched alkanes of at least 4 members (excludes halogenated alkanes) is 2. The third kappa shape index (κ3) is 6.49. The molecular weight excluding hydrogens is 488 g/mol. The molecule has 1 aromatic heterocycles. The van der Waals surface area contributed by atoms with Gasteiger partial charge in [0.25, 0.3) is 6.43 Å². The van der Waals surface area contributed by atoms with Gasteiger partial charge in [-0.2, -0.15) is 5.10 Å². The lowest BCUT2D eigenvalue weighted by molar-refractivity contribution is -0.130. The van der Waals surface area contributed by atoms with E-state index in [2.05, 4.69) is 29.5 Å². The minimum absolute atomic E-state index is 0.0219. The van der Waals surface area contributed by atoms with Gasteiger partial charge in [-0.1, -0.05) is 44.0 Å². The van der Waals surface area contributed by atoms with Crippen molar-refractivity contribution < 1.29 is 18.4 Å². The molecule has 1 aliphatic rings. The molecule has 3 aromatic rings. The molecule has 0 radical (unpaired) electrons. The van der Waals surface area contributed by atoms with Crippen LogP contribution in [0.25, 0.3) is 10.9 Å². The lowest BCUT2D eigenvalue weighted by atomic mass is 10.1. The second-order valence-corrected chi connectivity index (χ2v) is 10.2. The maximum Gasteiger partial charge on any atom is 0.257 e. The fourth-order valence-corrected chi connectivity index (χ4v) is 5.18. The Bertz CT molecular complexity index is 1250. The van der Waals surface area contributed by atoms with Crippen molar-refractivity contribution in [3.8, 4) is 0 Å². The van der Waals surface area contributed by atoms with Gasteiger partial charge >= 0.3 is 0 Å². The van der Waals surface area contributed by atoms with Gasteiger partial charge in [-0.3, -0.25) is 14.3 Å². The van der Waals surface area contributed by atoms with Crippen molar-refractivity contribution >= 4 is 28.4 Å². The van der Waals surface area contributed by atoms with Crippen molar-refractivity contribution in [1.82, 2.24) is 20.0 Å². The molecule has 9 heteroatoms. The molecule has 0 spiro atoms. The summed E-state index contributed by atoms with van der Waals surface area (Å²) in [5, 5.41) is 7.77. The van der Waals surface area contributed by atoms with Gasteiger partial charge in [-0.25, -0.2) is 8.78 Å². The number of likely N-dealkylation sites (N-methyl/N-ethyl adjacent to an activating group) is 1. The molecule has 1 heterocycles. The molecule has 0 aliphatic heterocycles. The van der Waals surface area contributed by atoms with Gasteiger partial charge in [0.15, 0.2) is 0 Å². The van der Waals surface area contributed by atoms with Gasteiger partial charge in [0.05, 0.1) is 24.8 Å². The predicted molar refractivity (Wildman–Crippen MR) is 146 cm³/mol. The number of fused-ring (bicyclic) bond motifs is 2. The van der Waals surface area contributed by atoms with E-state index in [1.807, 2.05) is 32.2 Å². The van der Waals surface area contributed by atoms with Crippen LogP contribution in [0.4, 0.5) is 14.5 Å². The molecule has 204 valence electrons. The molecule has 0 saturated heterocycles. The SMILES string of the molecule is CCCCCNC(=O)CN(CC(=O)N(C)C1Cc2ccccc2C1)c1cc2cnn(CC(F)F)c2cc1C. The fraction of sp³-hybridized carbons (Fsp3) is 0.483. The Morgan fingerprint density at radius 3 is 2.50 bits per heavy atom. The van der Waals surface area contributed by atoms with Gasteiger partial charge in [-0.15, -0.1) is 0 Å². The molecule has 0 fully saturated rings. The van der Waals surface area contributed by atoms with Crippen LogP contribution in [0.2, 0.25) is 0 Å². The first-order chi connectivity index (χ1) is 18.3. The molecule has 2 aromatic carbocycles. The van der Waals surface area contributed by atoms with Crippen LogP contribution in [0.3, 0.4) is 0 Å². The van der Waals surface area contributed by atoms with Crippen LogP contribution in [0.5, 0.6) is 0 Å². The summed E-state index contributed by atoms with van der Waals surface area (Å²) in [4.78, 5) is 29.9. The number of rotatable bonds is 12. The minimum atomic E-state index is -2.51. The predicted octanol–water partition coefficient (Wildman–Crippen LogP) is 4.35. The van der Waals surface area contributed by atoms with Crippen LogP contribution in [0.1, 0.15) is 42.9 Å². The second kappa shape index (κ2) is 12.4. The largest absolute Gasteiger partial charge is 0.355 e. The Kier molecular flexibility index (Phi) is 8.97. The normalized spacial score (nSPS) is 13.2. The van der Waals surface area contributed by atoms with E-state index < -0.39 is 13.0 Å². The summed E-state index contributed by atoms with van der Waals surface area (Å²) in [5.74, 6) is -0.229. The lowest BCUT2D eigenvalue weighted by Gasteiger charge is -2.30. The smallest absolute Gasteiger partial charge is 0.257 e. The molecule has 4 rings (SSSR count). The molecule has 1 aliphatic carbocycles. The first-order valence-electron chi connectivity index (χ1n) is 13.3. The van der Waals surface area contributed by atoms with Crippen molar-refractivity contribution in [2.75, 3.05) is 31.6 Å². The van der Waals surface area contributed by atoms with Gasteiger partial charge in [0, 0.05) is 30.7 Å². The minimum Gasteiger partial charge on any atom is -0.355 e. The fourth-order valence-electron chi connectivity index (χ4n) is 5.18. The van der Waals surface area contributed by atoms with Crippen LogP contribution in [0.15, 0.2) is 42.6 Å². The van der Waals surface area contributed by atoms with Crippen molar-refractivity contribution in [3.63, 3.8) is 0 Å². The Labute approximate surface area is 222 Å². The molecule has 7 nitrogen and oxygen atoms in total. The number of aromatic nitrogens is 2. The number of carbonyl (C=O) groups excluding carboxylic acids is 2. The highest BCUT2D eigenvalue weighted by Crippen LogP contribution is 2.28. The van der Waals surface area contributed by atoms with E-state index in [0.29, 0.717) is 23.1 Å². The van der Waals surface area contributed by atoms with E-state index in [0.717, 1.165) is 37.7 Å². The highest BCUT2D eigenvalue weighted by atomic mass is 19.3. The van der Waals surface area contributed by atoms with Crippen molar-refractivity contribution in [3.05, 3.63) is 59.3 Å². The summed E-state index contributed by atoms with van der Waals surface area (Å²) >= 11 is 0. The van der Waals surface area contributed by atoms with E-state index in [1.165, 1.54) is 15.8 Å². The standard InChI is InChI=1S/C29H37F2N5O2/c1-4-5-8-11-32-28(37)18-35(19-29(38)34(3)24-13-21-9-6-7-10-22(21)14-24)25-15-23-16-33-36(17-27(30)31)26(23)12-20(25)2/h6-7,9-10,12,15-16,24,27H,4-5,8,11,13-14,17-19H2,1-3H3,(H,32,37). The number of amides is 2. The Balaban J connectivity index is 1.54. The van der Waals surface area contributed by atoms with Crippen LogP contribution in [0, 0.1) is 6.92 Å². The van der Waals surface area contributed by atoms with Crippen molar-refractivity contribution in [2.45, 2.75) is 65.0 Å². The van der Waals surface area contributed by atoms with Gasteiger partial charge in [0.2, 0.25) is 11.8 Å². The Morgan fingerprint density at radius 2 is 1.84 bits per heavy atom. The maximum atomic E-state index is 13.5. The topological polar surface area (TPSA) is 70.5 Å². The highest BCUT2D eigenvalue weighted by Gasteiger charge is 2.29. The number of hydrogen-bond donors (Lipinski definition) is 1. The molecule has 0 unspecified atom stereocenters. The number of alkyl halides is 2. The van der Waals surface area contributed by atoms with E-state index in [-0.39, 0.29) is 30.9 Å². The first kappa shape index (κ1) is 27.5. The van der Waals surface area contributed by atoms with E-state index >= 15 is 0 Å². The van der Waals surface area contributed by atoms with Crippen LogP contribution >= 0.6 is 0 Å². The van der Waals surface area contributed by atoms with Crippen molar-refractivity contribution in [1.29, 1.82) is 0 Å². The monoisotopic (exact) mass is 525 g/mol. The summed E-state index contributed by atoms with van der Waals surface area (Å²) in [6.45, 7) is 4.13. The van der Waals surface area contributed by atoms with Crippen molar-refractivity contribution in [2.24, 2.45) is 0 Å². The molecule has 2 amide bonds. The second-order valence-electron chi connectivity index (χ2n) is 10.2. The number of halogens is 2. The molecule has 0 bridgehead atoms. The zero-order chi connectivity index (χ0) is 27.2. The number of aryl methyl sites for hydroxylation is 1. The maximum absolute atomic E-state index is 13.5. The van der Waals surface area contributed by atoms with E-state index in [1.54, 1.807) is 22.1 Å². The first-order valence-corrected chi connectivity index (χ1v) is 13.3. The number of nitrogens with zero attached hydrogens (tertiary/aromatic N) is 4. The lowest BCUT2D eigenvalue weighted by Crippen LogP contribution is -2.47. The van der Waals surface area contributed by atoms with Gasteiger partial charge in [-0.05, 0) is 55.0 Å². The average Bonchev–Trinajstić information content (AvgIpc) is 3.49. The number of benzene rings is 2. The molecule has 1 N–H and O–H groups in total. The summed E-state index contributed by atoms with van der Waals surface area (Å²) < 4.78 is 27.3. The highest BCUT2D eigenvalue weighted by molar-refractivity contribution is 5.90. The third-order valence-corrected chi connectivity index (χ3v) is 7.34. The van der Waals surface area contributed by atoms with E-state index in [9.17, 15) is 18.4 Å². The number of anilines is 1.